The minimum absolute atomic E-state index is 0.126. The maximum atomic E-state index is 13.1. The van der Waals surface area contributed by atoms with Crippen molar-refractivity contribution in [1.29, 1.82) is 0 Å². The van der Waals surface area contributed by atoms with Gasteiger partial charge in [-0.2, -0.15) is 0 Å². The lowest BCUT2D eigenvalue weighted by Crippen LogP contribution is -2.28. The van der Waals surface area contributed by atoms with Gasteiger partial charge in [0.1, 0.15) is 4.90 Å². The molecule has 0 fully saturated rings. The van der Waals surface area contributed by atoms with Crippen LogP contribution in [-0.2, 0) is 14.8 Å². The van der Waals surface area contributed by atoms with Gasteiger partial charge < -0.3 is 4.74 Å². The number of ether oxygens (including phenoxy) is 1. The number of aryl methyl sites for hydroxylation is 2. The van der Waals surface area contributed by atoms with Gasteiger partial charge in [0.15, 0.2) is 6.61 Å². The van der Waals surface area contributed by atoms with Crippen molar-refractivity contribution < 1.29 is 22.7 Å². The van der Waals surface area contributed by atoms with Crippen molar-refractivity contribution in [2.45, 2.75) is 18.7 Å². The number of para-hydroxylation sites is 1. The first-order valence-corrected chi connectivity index (χ1v) is 11.1. The van der Waals surface area contributed by atoms with Gasteiger partial charge in [0.2, 0.25) is 5.78 Å². The molecule has 0 spiro atoms. The number of hydrogen-bond donors (Lipinski definition) is 0. The number of carbonyl (C=O) groups is 2. The number of ketones is 1. The van der Waals surface area contributed by atoms with Crippen molar-refractivity contribution in [2.24, 2.45) is 0 Å². The van der Waals surface area contributed by atoms with E-state index in [4.69, 9.17) is 4.74 Å². The highest BCUT2D eigenvalue weighted by molar-refractivity contribution is 7.92. The summed E-state index contributed by atoms with van der Waals surface area (Å²) >= 11 is 0. The molecule has 3 rings (SSSR count). The first kappa shape index (κ1) is 22.2. The Balaban J connectivity index is 1.82. The van der Waals surface area contributed by atoms with E-state index in [1.807, 2.05) is 26.0 Å². The number of rotatable bonds is 7. The third-order valence-corrected chi connectivity index (χ3v) is 6.73. The lowest BCUT2D eigenvalue weighted by Gasteiger charge is -2.20. The molecule has 0 saturated carbocycles. The van der Waals surface area contributed by atoms with Gasteiger partial charge in [-0.15, -0.1) is 0 Å². The Hall–Kier alpha value is -3.45. The molecule has 3 aromatic carbocycles. The summed E-state index contributed by atoms with van der Waals surface area (Å²) in [6.07, 6.45) is 0. The second-order valence-electron chi connectivity index (χ2n) is 7.12. The molecule has 160 valence electrons. The van der Waals surface area contributed by atoms with Crippen molar-refractivity contribution in [3.05, 3.63) is 95.1 Å². The van der Waals surface area contributed by atoms with Crippen LogP contribution in [-0.4, -0.2) is 33.8 Å². The van der Waals surface area contributed by atoms with Crippen molar-refractivity contribution in [3.63, 3.8) is 0 Å². The lowest BCUT2D eigenvalue weighted by atomic mass is 10.0. The summed E-state index contributed by atoms with van der Waals surface area (Å²) in [5.41, 5.74) is 2.60. The Morgan fingerprint density at radius 1 is 0.871 bits per heavy atom. The summed E-state index contributed by atoms with van der Waals surface area (Å²) in [5, 5.41) is 0. The summed E-state index contributed by atoms with van der Waals surface area (Å²) in [5.74, 6) is -1.23. The molecule has 0 radical (unpaired) electrons. The summed E-state index contributed by atoms with van der Waals surface area (Å²) in [7, 11) is -2.61. The molecule has 0 heterocycles. The van der Waals surface area contributed by atoms with Crippen LogP contribution < -0.4 is 4.31 Å². The molecule has 0 aromatic heterocycles. The number of hydrogen-bond acceptors (Lipinski definition) is 5. The summed E-state index contributed by atoms with van der Waals surface area (Å²) in [4.78, 5) is 25.0. The summed E-state index contributed by atoms with van der Waals surface area (Å²) < 4.78 is 32.6. The highest BCUT2D eigenvalue weighted by Crippen LogP contribution is 2.25. The Labute approximate surface area is 182 Å². The van der Waals surface area contributed by atoms with Crippen LogP contribution in [0.1, 0.15) is 31.8 Å². The van der Waals surface area contributed by atoms with Gasteiger partial charge in [-0.05, 0) is 43.7 Å². The van der Waals surface area contributed by atoms with Crippen molar-refractivity contribution >= 4 is 27.5 Å². The molecule has 0 N–H and O–H groups in total. The Kier molecular flexibility index (Phi) is 6.56. The largest absolute Gasteiger partial charge is 0.454 e. The van der Waals surface area contributed by atoms with Crippen molar-refractivity contribution in [2.75, 3.05) is 18.0 Å². The zero-order valence-electron chi connectivity index (χ0n) is 17.5. The standard InChI is InChI=1S/C24H23NO5S/c1-17-13-14-20(18(2)15-17)22(26)16-30-24(27)21-11-7-8-12-23(21)31(28,29)25(3)19-9-5-4-6-10-19/h4-15H,16H2,1-3H3. The minimum atomic E-state index is -4.02. The lowest BCUT2D eigenvalue weighted by molar-refractivity contribution is 0.0470. The zero-order chi connectivity index (χ0) is 22.6. The Bertz CT molecular complexity index is 1220. The number of carbonyl (C=O) groups excluding carboxylic acids is 2. The van der Waals surface area contributed by atoms with Crippen LogP contribution in [0.25, 0.3) is 0 Å². The van der Waals surface area contributed by atoms with Crippen LogP contribution >= 0.6 is 0 Å². The topological polar surface area (TPSA) is 80.8 Å². The number of anilines is 1. The van der Waals surface area contributed by atoms with Crippen LogP contribution in [0.15, 0.2) is 77.7 Å². The van der Waals surface area contributed by atoms with Gasteiger partial charge in [0, 0.05) is 12.6 Å². The molecule has 6 nitrogen and oxygen atoms in total. The molecule has 0 saturated heterocycles. The highest BCUT2D eigenvalue weighted by Gasteiger charge is 2.27. The molecule has 3 aromatic rings. The van der Waals surface area contributed by atoms with E-state index in [1.165, 1.54) is 25.2 Å². The van der Waals surface area contributed by atoms with Gasteiger partial charge in [-0.1, -0.05) is 54.1 Å². The number of Topliss-reactive ketones (excluding diaryl/α,β-unsaturated/α-hetero) is 1. The quantitative estimate of drug-likeness (QED) is 0.409. The first-order valence-electron chi connectivity index (χ1n) is 9.62. The zero-order valence-corrected chi connectivity index (χ0v) is 18.3. The number of benzene rings is 3. The fraction of sp³-hybridized carbons (Fsp3) is 0.167. The Morgan fingerprint density at radius 3 is 2.19 bits per heavy atom. The van der Waals surface area contributed by atoms with Gasteiger partial charge in [0.25, 0.3) is 10.0 Å². The van der Waals surface area contributed by atoms with E-state index in [-0.39, 0.29) is 16.2 Å². The third kappa shape index (κ3) is 4.83. The van der Waals surface area contributed by atoms with Crippen LogP contribution in [0.4, 0.5) is 5.69 Å². The molecular weight excluding hydrogens is 414 g/mol. The molecule has 7 heteroatoms. The first-order chi connectivity index (χ1) is 14.7. The summed E-state index contributed by atoms with van der Waals surface area (Å²) in [6.45, 7) is 3.25. The average molecular weight is 438 g/mol. The second kappa shape index (κ2) is 9.14. The average Bonchev–Trinajstić information content (AvgIpc) is 2.77. The fourth-order valence-corrected chi connectivity index (χ4v) is 4.57. The van der Waals surface area contributed by atoms with Crippen LogP contribution in [0.2, 0.25) is 0 Å². The molecule has 0 amide bonds. The number of esters is 1. The molecule has 0 atom stereocenters. The highest BCUT2D eigenvalue weighted by atomic mass is 32.2. The molecule has 0 bridgehead atoms. The van der Waals surface area contributed by atoms with Gasteiger partial charge in [0.05, 0.1) is 11.3 Å². The van der Waals surface area contributed by atoms with E-state index < -0.39 is 22.6 Å². The maximum Gasteiger partial charge on any atom is 0.339 e. The van der Waals surface area contributed by atoms with Gasteiger partial charge >= 0.3 is 5.97 Å². The van der Waals surface area contributed by atoms with Crippen LogP contribution in [0, 0.1) is 13.8 Å². The van der Waals surface area contributed by atoms with E-state index in [2.05, 4.69) is 0 Å². The van der Waals surface area contributed by atoms with E-state index >= 15 is 0 Å². The van der Waals surface area contributed by atoms with E-state index in [0.717, 1.165) is 15.4 Å². The third-order valence-electron chi connectivity index (χ3n) is 4.88. The predicted octanol–water partition coefficient (Wildman–Crippen LogP) is 4.17. The van der Waals surface area contributed by atoms with E-state index in [0.29, 0.717) is 11.3 Å². The van der Waals surface area contributed by atoms with E-state index in [9.17, 15) is 18.0 Å². The number of nitrogens with zero attached hydrogens (tertiary/aromatic N) is 1. The minimum Gasteiger partial charge on any atom is -0.454 e. The van der Waals surface area contributed by atoms with Gasteiger partial charge in [-0.3, -0.25) is 9.10 Å². The maximum absolute atomic E-state index is 13.1. The van der Waals surface area contributed by atoms with Gasteiger partial charge in [-0.25, -0.2) is 13.2 Å². The summed E-state index contributed by atoms with van der Waals surface area (Å²) in [6, 6.07) is 19.7. The molecule has 31 heavy (non-hydrogen) atoms. The smallest absolute Gasteiger partial charge is 0.339 e. The Morgan fingerprint density at radius 2 is 1.52 bits per heavy atom. The fourth-order valence-electron chi connectivity index (χ4n) is 3.20. The molecule has 0 aliphatic heterocycles. The second-order valence-corrected chi connectivity index (χ2v) is 9.06. The number of sulfonamides is 1. The monoisotopic (exact) mass is 437 g/mol. The normalized spacial score (nSPS) is 11.1. The van der Waals surface area contributed by atoms with Crippen molar-refractivity contribution in [1.82, 2.24) is 0 Å². The molecule has 0 aliphatic rings. The van der Waals surface area contributed by atoms with Crippen LogP contribution in [0.5, 0.6) is 0 Å². The van der Waals surface area contributed by atoms with Crippen LogP contribution in [0.3, 0.4) is 0 Å². The predicted molar refractivity (Wildman–Crippen MR) is 119 cm³/mol. The van der Waals surface area contributed by atoms with Crippen molar-refractivity contribution in [3.8, 4) is 0 Å². The molecule has 0 unspecified atom stereocenters. The molecular formula is C24H23NO5S. The SMILES string of the molecule is Cc1ccc(C(=O)COC(=O)c2ccccc2S(=O)(=O)N(C)c2ccccc2)c(C)c1. The molecule has 0 aliphatic carbocycles. The van der Waals surface area contributed by atoms with E-state index in [1.54, 1.807) is 42.5 Å².